The molecule has 0 saturated heterocycles. The second kappa shape index (κ2) is 9.44. The van der Waals surface area contributed by atoms with E-state index in [2.05, 4.69) is 5.32 Å². The zero-order valence-corrected chi connectivity index (χ0v) is 14.0. The molecule has 2 aromatic rings. The summed E-state index contributed by atoms with van der Waals surface area (Å²) in [5.41, 5.74) is 2.09. The molecular weight excluding hydrogens is 322 g/mol. The normalized spacial score (nSPS) is 11.6. The summed E-state index contributed by atoms with van der Waals surface area (Å²) in [4.78, 5) is 22.9. The van der Waals surface area contributed by atoms with Gasteiger partial charge in [-0.1, -0.05) is 48.5 Å². The third-order valence-electron chi connectivity index (χ3n) is 3.54. The molecule has 0 spiro atoms. The number of methoxy groups -OCH3 is 1. The Hall–Kier alpha value is -2.86. The van der Waals surface area contributed by atoms with E-state index in [-0.39, 0.29) is 13.2 Å². The topological polar surface area (TPSA) is 84.9 Å². The Morgan fingerprint density at radius 3 is 2.44 bits per heavy atom. The number of amides is 1. The predicted molar refractivity (Wildman–Crippen MR) is 92.6 cm³/mol. The van der Waals surface area contributed by atoms with Crippen molar-refractivity contribution in [3.8, 4) is 5.75 Å². The van der Waals surface area contributed by atoms with Gasteiger partial charge in [0.1, 0.15) is 5.75 Å². The smallest absolute Gasteiger partial charge is 0.328 e. The number of rotatable bonds is 9. The lowest BCUT2D eigenvalue weighted by Crippen LogP contribution is -2.45. The molecule has 25 heavy (non-hydrogen) atoms. The quantitative estimate of drug-likeness (QED) is 0.726. The fraction of sp³-hybridized carbons (Fsp3) is 0.263. The van der Waals surface area contributed by atoms with Crippen molar-refractivity contribution in [3.05, 3.63) is 65.7 Å². The maximum absolute atomic E-state index is 11.9. The number of ether oxygens (including phenoxy) is 2. The van der Waals surface area contributed by atoms with E-state index in [1.54, 1.807) is 6.07 Å². The fourth-order valence-electron chi connectivity index (χ4n) is 2.33. The van der Waals surface area contributed by atoms with Crippen LogP contribution in [0.1, 0.15) is 11.1 Å². The maximum atomic E-state index is 11.9. The van der Waals surface area contributed by atoms with Crippen LogP contribution in [0.3, 0.4) is 0 Å². The van der Waals surface area contributed by atoms with Crippen LogP contribution in [-0.2, 0) is 20.7 Å². The van der Waals surface area contributed by atoms with Crippen molar-refractivity contribution in [1.29, 1.82) is 0 Å². The number of para-hydroxylation sites is 1. The van der Waals surface area contributed by atoms with Gasteiger partial charge in [-0.3, -0.25) is 4.79 Å². The number of hydrogen-bond donors (Lipinski definition) is 2. The number of benzene rings is 2. The molecular formula is C19H21NO5. The van der Waals surface area contributed by atoms with Crippen LogP contribution in [-0.4, -0.2) is 43.3 Å². The van der Waals surface area contributed by atoms with Gasteiger partial charge in [-0.05, 0) is 17.2 Å². The predicted octanol–water partition coefficient (Wildman–Crippen LogP) is 1.87. The molecule has 0 saturated carbocycles. The first kappa shape index (κ1) is 18.5. The van der Waals surface area contributed by atoms with Crippen LogP contribution in [0.4, 0.5) is 0 Å². The summed E-state index contributed by atoms with van der Waals surface area (Å²) in [6.45, 7) is -0.370. The standard InChI is InChI=1S/C19H21NO5/c1-24-12-16(19(22)23)20-18(21)13-25-17-10-6-5-9-15(17)11-14-7-3-2-4-8-14/h2-10,16H,11-13H2,1H3,(H,20,21)(H,22,23). The van der Waals surface area contributed by atoms with E-state index < -0.39 is 17.9 Å². The molecule has 0 radical (unpaired) electrons. The summed E-state index contributed by atoms with van der Waals surface area (Å²) in [5.74, 6) is -1.07. The molecule has 1 atom stereocenters. The van der Waals surface area contributed by atoms with Gasteiger partial charge in [0.25, 0.3) is 5.91 Å². The Labute approximate surface area is 146 Å². The number of carboxylic acid groups (broad SMARTS) is 1. The highest BCUT2D eigenvalue weighted by Gasteiger charge is 2.20. The number of carbonyl (C=O) groups is 2. The minimum atomic E-state index is -1.15. The summed E-state index contributed by atoms with van der Waals surface area (Å²) < 4.78 is 10.4. The summed E-state index contributed by atoms with van der Waals surface area (Å²) in [7, 11) is 1.37. The lowest BCUT2D eigenvalue weighted by molar-refractivity contribution is -0.143. The van der Waals surface area contributed by atoms with E-state index in [4.69, 9.17) is 14.6 Å². The van der Waals surface area contributed by atoms with Crippen LogP contribution in [0.5, 0.6) is 5.75 Å². The Morgan fingerprint density at radius 1 is 1.08 bits per heavy atom. The van der Waals surface area contributed by atoms with Gasteiger partial charge >= 0.3 is 5.97 Å². The van der Waals surface area contributed by atoms with E-state index in [9.17, 15) is 9.59 Å². The van der Waals surface area contributed by atoms with Gasteiger partial charge in [-0.2, -0.15) is 0 Å². The Bertz CT molecular complexity index is 702. The van der Waals surface area contributed by atoms with E-state index in [1.807, 2.05) is 48.5 Å². The van der Waals surface area contributed by atoms with Crippen LogP contribution in [0.25, 0.3) is 0 Å². The first-order chi connectivity index (χ1) is 12.1. The Balaban J connectivity index is 1.96. The third kappa shape index (κ3) is 5.93. The minimum absolute atomic E-state index is 0.105. The fourth-order valence-corrected chi connectivity index (χ4v) is 2.33. The maximum Gasteiger partial charge on any atom is 0.328 e. The number of nitrogens with one attached hydrogen (secondary N) is 1. The monoisotopic (exact) mass is 343 g/mol. The second-order valence-electron chi connectivity index (χ2n) is 5.47. The molecule has 2 N–H and O–H groups in total. The first-order valence-corrected chi connectivity index (χ1v) is 7.86. The van der Waals surface area contributed by atoms with Crippen molar-refractivity contribution < 1.29 is 24.2 Å². The molecule has 6 nitrogen and oxygen atoms in total. The highest BCUT2D eigenvalue weighted by atomic mass is 16.5. The summed E-state index contributed by atoms with van der Waals surface area (Å²) in [5, 5.41) is 11.4. The molecule has 1 unspecified atom stereocenters. The molecule has 132 valence electrons. The lowest BCUT2D eigenvalue weighted by atomic mass is 10.0. The molecule has 0 fully saturated rings. The number of carboxylic acids is 1. The lowest BCUT2D eigenvalue weighted by Gasteiger charge is -2.15. The van der Waals surface area contributed by atoms with Crippen molar-refractivity contribution >= 4 is 11.9 Å². The molecule has 2 aromatic carbocycles. The molecule has 6 heteroatoms. The highest BCUT2D eigenvalue weighted by Crippen LogP contribution is 2.21. The first-order valence-electron chi connectivity index (χ1n) is 7.86. The molecule has 0 bridgehead atoms. The Morgan fingerprint density at radius 2 is 1.76 bits per heavy atom. The number of carbonyl (C=O) groups excluding carboxylic acids is 1. The third-order valence-corrected chi connectivity index (χ3v) is 3.54. The van der Waals surface area contributed by atoms with Crippen molar-refractivity contribution in [2.75, 3.05) is 20.3 Å². The van der Waals surface area contributed by atoms with Crippen molar-refractivity contribution in [2.45, 2.75) is 12.5 Å². The average molecular weight is 343 g/mol. The average Bonchev–Trinajstić information content (AvgIpc) is 2.61. The Kier molecular flexibility index (Phi) is 6.98. The van der Waals surface area contributed by atoms with Gasteiger partial charge in [-0.25, -0.2) is 4.79 Å². The van der Waals surface area contributed by atoms with Crippen molar-refractivity contribution in [3.63, 3.8) is 0 Å². The number of hydrogen-bond acceptors (Lipinski definition) is 4. The molecule has 0 aliphatic rings. The molecule has 0 heterocycles. The van der Waals surface area contributed by atoms with Crippen LogP contribution in [0, 0.1) is 0 Å². The van der Waals surface area contributed by atoms with Gasteiger partial charge in [0.05, 0.1) is 6.61 Å². The summed E-state index contributed by atoms with van der Waals surface area (Å²) >= 11 is 0. The van der Waals surface area contributed by atoms with E-state index in [1.165, 1.54) is 7.11 Å². The molecule has 0 aliphatic heterocycles. The van der Waals surface area contributed by atoms with E-state index in [0.29, 0.717) is 12.2 Å². The molecule has 2 rings (SSSR count). The minimum Gasteiger partial charge on any atom is -0.483 e. The van der Waals surface area contributed by atoms with Crippen molar-refractivity contribution in [1.82, 2.24) is 5.32 Å². The van der Waals surface area contributed by atoms with Gasteiger partial charge in [-0.15, -0.1) is 0 Å². The van der Waals surface area contributed by atoms with Crippen molar-refractivity contribution in [2.24, 2.45) is 0 Å². The SMILES string of the molecule is COCC(NC(=O)COc1ccccc1Cc1ccccc1)C(=O)O. The largest absolute Gasteiger partial charge is 0.483 e. The zero-order chi connectivity index (χ0) is 18.1. The molecule has 1 amide bonds. The van der Waals surface area contributed by atoms with Crippen LogP contribution < -0.4 is 10.1 Å². The van der Waals surface area contributed by atoms with Crippen LogP contribution in [0.15, 0.2) is 54.6 Å². The van der Waals surface area contributed by atoms with Crippen LogP contribution in [0.2, 0.25) is 0 Å². The highest BCUT2D eigenvalue weighted by molar-refractivity contribution is 5.84. The number of aliphatic carboxylic acids is 1. The van der Waals surface area contributed by atoms with E-state index in [0.717, 1.165) is 11.1 Å². The summed E-state index contributed by atoms with van der Waals surface area (Å²) in [6, 6.07) is 16.3. The van der Waals surface area contributed by atoms with Gasteiger partial charge in [0.2, 0.25) is 0 Å². The second-order valence-corrected chi connectivity index (χ2v) is 5.47. The van der Waals surface area contributed by atoms with Gasteiger partial charge in [0.15, 0.2) is 12.6 Å². The van der Waals surface area contributed by atoms with E-state index >= 15 is 0 Å². The van der Waals surface area contributed by atoms with Gasteiger partial charge < -0.3 is 19.9 Å². The zero-order valence-electron chi connectivity index (χ0n) is 14.0. The molecule has 0 aromatic heterocycles. The van der Waals surface area contributed by atoms with Gasteiger partial charge in [0, 0.05) is 13.5 Å². The van der Waals surface area contributed by atoms with Crippen LogP contribution >= 0.6 is 0 Å². The molecule has 0 aliphatic carbocycles. The summed E-state index contributed by atoms with van der Waals surface area (Å²) in [6.07, 6.45) is 0.681.